The normalized spacial score (nSPS) is 15.3. The smallest absolute Gasteiger partial charge is 0.258 e. The number of hydrogen-bond donors (Lipinski definition) is 0. The minimum absolute atomic E-state index is 0.322. The Bertz CT molecular complexity index is 902. The van der Waals surface area contributed by atoms with Gasteiger partial charge < -0.3 is 0 Å². The van der Waals surface area contributed by atoms with Crippen LogP contribution in [0.1, 0.15) is 27.0 Å². The summed E-state index contributed by atoms with van der Waals surface area (Å²) in [6.07, 6.45) is 5.39. The van der Waals surface area contributed by atoms with Crippen LogP contribution in [0.25, 0.3) is 11.6 Å². The number of nitrogens with zero attached hydrogens (tertiary/aromatic N) is 1. The van der Waals surface area contributed by atoms with E-state index in [2.05, 4.69) is 0 Å². The highest BCUT2D eigenvalue weighted by Crippen LogP contribution is 2.38. The van der Waals surface area contributed by atoms with Crippen molar-refractivity contribution < 1.29 is 14.4 Å². The van der Waals surface area contributed by atoms with Crippen LogP contribution < -0.4 is 4.90 Å². The van der Waals surface area contributed by atoms with Crippen molar-refractivity contribution in [2.45, 2.75) is 0 Å². The molecule has 0 bridgehead atoms. The van der Waals surface area contributed by atoms with E-state index in [9.17, 15) is 14.4 Å². The fraction of sp³-hybridized carbons (Fsp3) is 0. The Morgan fingerprint density at radius 1 is 0.870 bits per heavy atom. The van der Waals surface area contributed by atoms with E-state index in [1.54, 1.807) is 18.2 Å². The van der Waals surface area contributed by atoms with Crippen molar-refractivity contribution in [3.63, 3.8) is 0 Å². The van der Waals surface area contributed by atoms with E-state index >= 15 is 0 Å². The van der Waals surface area contributed by atoms with Crippen LogP contribution in [0.2, 0.25) is 0 Å². The molecule has 1 aliphatic heterocycles. The molecular weight excluding hydrogens is 290 g/mol. The Morgan fingerprint density at radius 2 is 1.57 bits per heavy atom. The number of anilines is 1. The molecule has 0 saturated heterocycles. The molecule has 4 nitrogen and oxygen atoms in total. The van der Waals surface area contributed by atoms with Gasteiger partial charge in [-0.1, -0.05) is 24.3 Å². The Labute approximate surface area is 132 Å². The summed E-state index contributed by atoms with van der Waals surface area (Å²) in [6.45, 7) is 0. The van der Waals surface area contributed by atoms with Gasteiger partial charge >= 0.3 is 0 Å². The highest BCUT2D eigenvalue weighted by molar-refractivity contribution is 6.28. The molecule has 0 unspecified atom stereocenters. The molecule has 0 fully saturated rings. The van der Waals surface area contributed by atoms with E-state index in [0.29, 0.717) is 11.3 Å². The predicted octanol–water partition coefficient (Wildman–Crippen LogP) is 2.83. The van der Waals surface area contributed by atoms with Crippen LogP contribution in [0, 0.1) is 0 Å². The summed E-state index contributed by atoms with van der Waals surface area (Å²) in [4.78, 5) is 35.3. The molecule has 4 rings (SSSR count). The molecular formula is C19H11NO3. The molecule has 1 aliphatic carbocycles. The van der Waals surface area contributed by atoms with E-state index in [1.165, 1.54) is 12.2 Å². The molecule has 1 heterocycles. The minimum atomic E-state index is -0.322. The highest BCUT2D eigenvalue weighted by Gasteiger charge is 2.25. The van der Waals surface area contributed by atoms with Gasteiger partial charge in [0, 0.05) is 17.7 Å². The number of benzene rings is 2. The van der Waals surface area contributed by atoms with Gasteiger partial charge in [0.1, 0.15) is 6.29 Å². The lowest BCUT2D eigenvalue weighted by Gasteiger charge is -2.21. The third-order valence-corrected chi connectivity index (χ3v) is 4.05. The van der Waals surface area contributed by atoms with Crippen LogP contribution in [0.15, 0.2) is 54.6 Å². The van der Waals surface area contributed by atoms with Gasteiger partial charge in [0.25, 0.3) is 11.8 Å². The topological polar surface area (TPSA) is 54.5 Å². The molecule has 4 heteroatoms. The van der Waals surface area contributed by atoms with E-state index in [1.807, 2.05) is 30.3 Å². The zero-order chi connectivity index (χ0) is 16.0. The Balaban J connectivity index is 1.62. The summed E-state index contributed by atoms with van der Waals surface area (Å²) < 4.78 is 0. The van der Waals surface area contributed by atoms with Crippen molar-refractivity contribution in [1.29, 1.82) is 0 Å². The zero-order valence-corrected chi connectivity index (χ0v) is 12.0. The van der Waals surface area contributed by atoms with Gasteiger partial charge in [-0.05, 0) is 46.5 Å². The first-order valence-corrected chi connectivity index (χ1v) is 7.15. The van der Waals surface area contributed by atoms with Gasteiger partial charge in [-0.2, -0.15) is 0 Å². The molecule has 2 aliphatic rings. The third kappa shape index (κ3) is 2.04. The molecule has 0 aromatic heterocycles. The summed E-state index contributed by atoms with van der Waals surface area (Å²) in [5.41, 5.74) is 5.45. The number of aldehydes is 1. The van der Waals surface area contributed by atoms with Gasteiger partial charge in [-0.3, -0.25) is 14.4 Å². The second-order valence-corrected chi connectivity index (χ2v) is 5.41. The van der Waals surface area contributed by atoms with E-state index < -0.39 is 0 Å². The van der Waals surface area contributed by atoms with Crippen LogP contribution in [0.4, 0.5) is 5.69 Å². The molecule has 0 spiro atoms. The molecule has 2 aromatic rings. The lowest BCUT2D eigenvalue weighted by Crippen LogP contribution is -2.29. The summed E-state index contributed by atoms with van der Waals surface area (Å²) >= 11 is 0. The molecule has 2 aromatic carbocycles. The van der Waals surface area contributed by atoms with E-state index in [4.69, 9.17) is 0 Å². The number of imide groups is 1. The van der Waals surface area contributed by atoms with Crippen LogP contribution in [-0.4, -0.2) is 18.1 Å². The maximum absolute atomic E-state index is 11.7. The van der Waals surface area contributed by atoms with Gasteiger partial charge in [-0.25, -0.2) is 4.90 Å². The van der Waals surface area contributed by atoms with Crippen LogP contribution in [-0.2, 0) is 9.59 Å². The fourth-order valence-electron chi connectivity index (χ4n) is 2.86. The maximum atomic E-state index is 11.7. The molecule has 0 radical (unpaired) electrons. The highest BCUT2D eigenvalue weighted by atomic mass is 16.2. The maximum Gasteiger partial charge on any atom is 0.258 e. The largest absolute Gasteiger partial charge is 0.298 e. The van der Waals surface area contributed by atoms with Gasteiger partial charge in [-0.15, -0.1) is 0 Å². The molecule has 2 amide bonds. The Hall–Kier alpha value is -3.27. The van der Waals surface area contributed by atoms with Crippen molar-refractivity contribution >= 4 is 35.4 Å². The lowest BCUT2D eigenvalue weighted by molar-refractivity contribution is -0.119. The summed E-state index contributed by atoms with van der Waals surface area (Å²) in [5, 5.41) is 0. The number of hydrogen-bond acceptors (Lipinski definition) is 3. The molecule has 0 atom stereocenters. The standard InChI is InChI=1S/C19H11NO3/c21-11-12-1-6-16-14(9-12)10-17(16)13-2-4-15(5-3-13)20-18(22)7-8-19(20)23/h1-11H. The number of carbonyl (C=O) groups excluding carboxylic acids is 3. The van der Waals surface area contributed by atoms with Crippen LogP contribution in [0.3, 0.4) is 0 Å². The quantitative estimate of drug-likeness (QED) is 0.552. The van der Waals surface area contributed by atoms with Crippen LogP contribution in [0.5, 0.6) is 0 Å². The summed E-state index contributed by atoms with van der Waals surface area (Å²) in [7, 11) is 0. The van der Waals surface area contributed by atoms with Crippen molar-refractivity contribution in [3.8, 4) is 0 Å². The first kappa shape index (κ1) is 13.4. The molecule has 0 saturated carbocycles. The van der Waals surface area contributed by atoms with Crippen molar-refractivity contribution in [3.05, 3.63) is 76.9 Å². The van der Waals surface area contributed by atoms with E-state index in [0.717, 1.165) is 33.4 Å². The first-order valence-electron chi connectivity index (χ1n) is 7.15. The SMILES string of the molecule is O=Cc1ccc2c(c1)C=C2c1ccc(N2C(=O)C=CC2=O)cc1. The second-order valence-electron chi connectivity index (χ2n) is 5.41. The number of amides is 2. The van der Waals surface area contributed by atoms with Gasteiger partial charge in [0.15, 0.2) is 0 Å². The number of rotatable bonds is 3. The first-order chi connectivity index (χ1) is 11.2. The second kappa shape index (κ2) is 4.88. The summed E-state index contributed by atoms with van der Waals surface area (Å²) in [5.74, 6) is -0.644. The predicted molar refractivity (Wildman–Crippen MR) is 86.9 cm³/mol. The van der Waals surface area contributed by atoms with Crippen molar-refractivity contribution in [2.24, 2.45) is 0 Å². The van der Waals surface area contributed by atoms with Crippen LogP contribution >= 0.6 is 0 Å². The molecule has 0 N–H and O–H groups in total. The molecule has 110 valence electrons. The lowest BCUT2D eigenvalue weighted by atomic mass is 9.83. The molecule has 23 heavy (non-hydrogen) atoms. The monoisotopic (exact) mass is 301 g/mol. The van der Waals surface area contributed by atoms with Gasteiger partial charge in [0.2, 0.25) is 0 Å². The fourth-order valence-corrected chi connectivity index (χ4v) is 2.86. The summed E-state index contributed by atoms with van der Waals surface area (Å²) in [6, 6.07) is 12.9. The third-order valence-electron chi connectivity index (χ3n) is 4.05. The number of fused-ring (bicyclic) bond motifs is 1. The minimum Gasteiger partial charge on any atom is -0.298 e. The zero-order valence-electron chi connectivity index (χ0n) is 12.0. The average molecular weight is 301 g/mol. The van der Waals surface area contributed by atoms with E-state index in [-0.39, 0.29) is 11.8 Å². The number of carbonyl (C=O) groups is 3. The Kier molecular flexibility index (Phi) is 2.84. The van der Waals surface area contributed by atoms with Gasteiger partial charge in [0.05, 0.1) is 5.69 Å². The average Bonchev–Trinajstić information content (AvgIpc) is 2.88. The van der Waals surface area contributed by atoms with Crippen molar-refractivity contribution in [2.75, 3.05) is 4.90 Å². The Morgan fingerprint density at radius 3 is 2.17 bits per heavy atom. The van der Waals surface area contributed by atoms with Crippen molar-refractivity contribution in [1.82, 2.24) is 0 Å².